The Hall–Kier alpha value is -1.54. The molecule has 0 aromatic heterocycles. The molecular formula is C17H18BrN. The summed E-state index contributed by atoms with van der Waals surface area (Å²) in [5.74, 6) is 0. The Balaban J connectivity index is 2.29. The lowest BCUT2D eigenvalue weighted by molar-refractivity contribution is 0.864. The van der Waals surface area contributed by atoms with Crippen LogP contribution in [0.1, 0.15) is 11.1 Å². The Morgan fingerprint density at radius 2 is 1.84 bits per heavy atom. The number of anilines is 1. The molecule has 2 rings (SSSR count). The first-order chi connectivity index (χ1) is 9.22. The van der Waals surface area contributed by atoms with Gasteiger partial charge in [0, 0.05) is 17.6 Å². The van der Waals surface area contributed by atoms with E-state index in [1.54, 1.807) is 0 Å². The molecule has 98 valence electrons. The molecule has 1 nitrogen and oxygen atoms in total. The molecule has 0 saturated carbocycles. The maximum atomic E-state index is 3.86. The van der Waals surface area contributed by atoms with E-state index in [1.165, 1.54) is 16.8 Å². The fraction of sp³-hybridized carbons (Fsp3) is 0.176. The molecule has 0 N–H and O–H groups in total. The van der Waals surface area contributed by atoms with E-state index in [2.05, 4.69) is 76.8 Å². The van der Waals surface area contributed by atoms with E-state index in [1.807, 2.05) is 12.1 Å². The van der Waals surface area contributed by atoms with Crippen molar-refractivity contribution in [3.8, 4) is 0 Å². The molecule has 19 heavy (non-hydrogen) atoms. The third-order valence-electron chi connectivity index (χ3n) is 3.08. The van der Waals surface area contributed by atoms with E-state index in [4.69, 9.17) is 0 Å². The summed E-state index contributed by atoms with van der Waals surface area (Å²) in [6, 6.07) is 16.9. The van der Waals surface area contributed by atoms with Crippen molar-refractivity contribution in [1.82, 2.24) is 0 Å². The number of rotatable bonds is 5. The maximum absolute atomic E-state index is 3.86. The van der Waals surface area contributed by atoms with Crippen molar-refractivity contribution in [2.45, 2.75) is 13.5 Å². The van der Waals surface area contributed by atoms with Crippen LogP contribution in [0.3, 0.4) is 0 Å². The Morgan fingerprint density at radius 1 is 1.11 bits per heavy atom. The summed E-state index contributed by atoms with van der Waals surface area (Å²) >= 11 is 3.69. The van der Waals surface area contributed by atoms with E-state index >= 15 is 0 Å². The van der Waals surface area contributed by atoms with Crippen LogP contribution in [0.5, 0.6) is 0 Å². The number of hydrogen-bond donors (Lipinski definition) is 0. The van der Waals surface area contributed by atoms with Gasteiger partial charge in [-0.25, -0.2) is 0 Å². The smallest absolute Gasteiger partial charge is 0.0519 e. The Labute approximate surface area is 123 Å². The molecule has 0 bridgehead atoms. The fourth-order valence-corrected chi connectivity index (χ4v) is 2.60. The summed E-state index contributed by atoms with van der Waals surface area (Å²) in [6.45, 7) is 7.69. The standard InChI is InChI=1S/C17H18BrN/c1-3-12-19(13-15-9-5-4-6-10-15)16-11-7-8-14(2)17(16)18/h3-11H,1,12-13H2,2H3. The van der Waals surface area contributed by atoms with Crippen LogP contribution in [0.2, 0.25) is 0 Å². The molecule has 2 heteroatoms. The zero-order chi connectivity index (χ0) is 13.7. The lowest BCUT2D eigenvalue weighted by atomic mass is 10.1. The van der Waals surface area contributed by atoms with Crippen LogP contribution < -0.4 is 4.90 Å². The van der Waals surface area contributed by atoms with Crippen LogP contribution in [0.15, 0.2) is 65.7 Å². The van der Waals surface area contributed by atoms with Gasteiger partial charge < -0.3 is 4.90 Å². The summed E-state index contributed by atoms with van der Waals surface area (Å²) in [5.41, 5.74) is 3.76. The minimum Gasteiger partial charge on any atom is -0.363 e. The molecule has 0 aliphatic heterocycles. The molecule has 0 aliphatic carbocycles. The molecule has 0 heterocycles. The number of aryl methyl sites for hydroxylation is 1. The second-order valence-electron chi connectivity index (χ2n) is 4.56. The molecule has 2 aromatic carbocycles. The van der Waals surface area contributed by atoms with Gasteiger partial charge in [0.1, 0.15) is 0 Å². The molecule has 0 aliphatic rings. The van der Waals surface area contributed by atoms with Crippen molar-refractivity contribution >= 4 is 21.6 Å². The molecule has 0 amide bonds. The van der Waals surface area contributed by atoms with Gasteiger partial charge in [0.2, 0.25) is 0 Å². The first kappa shape index (κ1) is 13.9. The van der Waals surface area contributed by atoms with Crippen LogP contribution >= 0.6 is 15.9 Å². The van der Waals surface area contributed by atoms with E-state index in [0.29, 0.717) is 0 Å². The monoisotopic (exact) mass is 315 g/mol. The molecule has 2 aromatic rings. The van der Waals surface area contributed by atoms with Crippen molar-refractivity contribution in [2.24, 2.45) is 0 Å². The highest BCUT2D eigenvalue weighted by molar-refractivity contribution is 9.10. The summed E-state index contributed by atoms with van der Waals surface area (Å²) in [7, 11) is 0. The Morgan fingerprint density at radius 3 is 2.53 bits per heavy atom. The normalized spacial score (nSPS) is 10.2. The summed E-state index contributed by atoms with van der Waals surface area (Å²) in [5, 5.41) is 0. The lowest BCUT2D eigenvalue weighted by Gasteiger charge is -2.25. The van der Waals surface area contributed by atoms with Crippen LogP contribution in [0.4, 0.5) is 5.69 Å². The number of halogens is 1. The predicted octanol–water partition coefficient (Wildman–Crippen LogP) is 4.95. The van der Waals surface area contributed by atoms with Gasteiger partial charge >= 0.3 is 0 Å². The zero-order valence-electron chi connectivity index (χ0n) is 11.1. The van der Waals surface area contributed by atoms with Crippen molar-refractivity contribution in [3.05, 3.63) is 76.8 Å². The highest BCUT2D eigenvalue weighted by atomic mass is 79.9. The molecule has 0 radical (unpaired) electrons. The lowest BCUT2D eigenvalue weighted by Crippen LogP contribution is -2.23. The van der Waals surface area contributed by atoms with E-state index in [-0.39, 0.29) is 0 Å². The second-order valence-corrected chi connectivity index (χ2v) is 5.36. The van der Waals surface area contributed by atoms with Gasteiger partial charge in [-0.3, -0.25) is 0 Å². The van der Waals surface area contributed by atoms with Crippen molar-refractivity contribution in [3.63, 3.8) is 0 Å². The third-order valence-corrected chi connectivity index (χ3v) is 4.11. The van der Waals surface area contributed by atoms with Crippen LogP contribution in [0.25, 0.3) is 0 Å². The average molecular weight is 316 g/mol. The van der Waals surface area contributed by atoms with Gasteiger partial charge in [-0.2, -0.15) is 0 Å². The third kappa shape index (κ3) is 3.48. The number of benzene rings is 2. The molecular weight excluding hydrogens is 298 g/mol. The highest BCUT2D eigenvalue weighted by Crippen LogP contribution is 2.30. The van der Waals surface area contributed by atoms with Crippen molar-refractivity contribution < 1.29 is 0 Å². The van der Waals surface area contributed by atoms with Crippen LogP contribution in [0, 0.1) is 6.92 Å². The van der Waals surface area contributed by atoms with Gasteiger partial charge in [0.25, 0.3) is 0 Å². The van der Waals surface area contributed by atoms with Crippen LogP contribution in [-0.2, 0) is 6.54 Å². The molecule has 0 unspecified atom stereocenters. The summed E-state index contributed by atoms with van der Waals surface area (Å²) < 4.78 is 1.16. The average Bonchev–Trinajstić information content (AvgIpc) is 2.43. The predicted molar refractivity (Wildman–Crippen MR) is 86.6 cm³/mol. The quantitative estimate of drug-likeness (QED) is 0.706. The van der Waals surface area contributed by atoms with E-state index in [9.17, 15) is 0 Å². The fourth-order valence-electron chi connectivity index (χ4n) is 2.08. The van der Waals surface area contributed by atoms with Gasteiger partial charge in [-0.15, -0.1) is 6.58 Å². The van der Waals surface area contributed by atoms with E-state index in [0.717, 1.165) is 17.6 Å². The van der Waals surface area contributed by atoms with Gasteiger partial charge in [0.05, 0.1) is 5.69 Å². The Bertz CT molecular complexity index is 548. The first-order valence-corrected chi connectivity index (χ1v) is 7.16. The summed E-state index contributed by atoms with van der Waals surface area (Å²) in [4.78, 5) is 2.32. The minimum atomic E-state index is 0.830. The largest absolute Gasteiger partial charge is 0.363 e. The van der Waals surface area contributed by atoms with Crippen molar-refractivity contribution in [2.75, 3.05) is 11.4 Å². The highest BCUT2D eigenvalue weighted by Gasteiger charge is 2.10. The first-order valence-electron chi connectivity index (χ1n) is 6.37. The molecule has 0 atom stereocenters. The second kappa shape index (κ2) is 6.58. The SMILES string of the molecule is C=CCN(Cc1ccccc1)c1cccc(C)c1Br. The minimum absolute atomic E-state index is 0.830. The van der Waals surface area contributed by atoms with Gasteiger partial charge in [-0.1, -0.05) is 48.5 Å². The number of hydrogen-bond acceptors (Lipinski definition) is 1. The molecule has 0 fully saturated rings. The number of nitrogens with zero attached hydrogens (tertiary/aromatic N) is 1. The van der Waals surface area contributed by atoms with Gasteiger partial charge in [0.15, 0.2) is 0 Å². The van der Waals surface area contributed by atoms with Crippen molar-refractivity contribution in [1.29, 1.82) is 0 Å². The zero-order valence-corrected chi connectivity index (χ0v) is 12.7. The maximum Gasteiger partial charge on any atom is 0.0519 e. The summed E-state index contributed by atoms with van der Waals surface area (Å²) in [6.07, 6.45) is 1.94. The molecule has 0 spiro atoms. The van der Waals surface area contributed by atoms with Gasteiger partial charge in [-0.05, 0) is 40.0 Å². The van der Waals surface area contributed by atoms with E-state index < -0.39 is 0 Å². The molecule has 0 saturated heterocycles. The topological polar surface area (TPSA) is 3.24 Å². The van der Waals surface area contributed by atoms with Crippen LogP contribution in [-0.4, -0.2) is 6.54 Å². The Kier molecular flexibility index (Phi) is 4.80.